The first-order chi connectivity index (χ1) is 6.55. The molecule has 0 atom stereocenters. The number of hydrogen-bond acceptors (Lipinski definition) is 1. The third-order valence-electron chi connectivity index (χ3n) is 4.43. The molecule has 0 unspecified atom stereocenters. The average molecular weight is 214 g/mol. The summed E-state index contributed by atoms with van der Waals surface area (Å²) < 4.78 is 0. The molecule has 0 N–H and O–H groups in total. The van der Waals surface area contributed by atoms with Crippen molar-refractivity contribution < 1.29 is 4.79 Å². The van der Waals surface area contributed by atoms with Gasteiger partial charge >= 0.3 is 0 Å². The molecule has 0 aromatic heterocycles. The van der Waals surface area contributed by atoms with Gasteiger partial charge in [-0.25, -0.2) is 0 Å². The standard InChI is InChI=1S/C11H16ClNO/c1-13(9(14)8-3-2-4-8)11-5-10(12,6-11)7-11/h8H,2-7H2,1H3. The van der Waals surface area contributed by atoms with E-state index in [1.165, 1.54) is 6.42 Å². The highest BCUT2D eigenvalue weighted by Gasteiger charge is 2.70. The predicted octanol–water partition coefficient (Wildman–Crippen LogP) is 2.16. The SMILES string of the molecule is CN(C(=O)C1CCC1)C12CC(Cl)(C1)C2. The lowest BCUT2D eigenvalue weighted by molar-refractivity contribution is -0.166. The first-order valence-electron chi connectivity index (χ1n) is 5.51. The van der Waals surface area contributed by atoms with E-state index in [0.29, 0.717) is 11.8 Å². The molecule has 0 heterocycles. The lowest BCUT2D eigenvalue weighted by Crippen LogP contribution is -2.76. The van der Waals surface area contributed by atoms with Crippen molar-refractivity contribution in [2.45, 2.75) is 48.9 Å². The van der Waals surface area contributed by atoms with Gasteiger partial charge in [0.15, 0.2) is 0 Å². The summed E-state index contributed by atoms with van der Waals surface area (Å²) in [5, 5.41) is 0. The van der Waals surface area contributed by atoms with Gasteiger partial charge in [-0.1, -0.05) is 6.42 Å². The van der Waals surface area contributed by atoms with Gasteiger partial charge in [-0.2, -0.15) is 0 Å². The van der Waals surface area contributed by atoms with Gasteiger partial charge in [0.25, 0.3) is 0 Å². The molecule has 4 aliphatic carbocycles. The van der Waals surface area contributed by atoms with Crippen LogP contribution in [0.25, 0.3) is 0 Å². The predicted molar refractivity (Wildman–Crippen MR) is 55.3 cm³/mol. The molecule has 4 aliphatic rings. The Morgan fingerprint density at radius 1 is 1.36 bits per heavy atom. The fourth-order valence-corrected chi connectivity index (χ4v) is 3.88. The summed E-state index contributed by atoms with van der Waals surface area (Å²) in [5.74, 6) is 0.704. The van der Waals surface area contributed by atoms with Crippen molar-refractivity contribution in [2.75, 3.05) is 7.05 Å². The summed E-state index contributed by atoms with van der Waals surface area (Å²) in [6, 6.07) is 0. The molecule has 0 aliphatic heterocycles. The van der Waals surface area contributed by atoms with Crippen molar-refractivity contribution in [3.05, 3.63) is 0 Å². The molecule has 14 heavy (non-hydrogen) atoms. The minimum Gasteiger partial charge on any atom is -0.340 e. The molecule has 2 bridgehead atoms. The van der Waals surface area contributed by atoms with E-state index < -0.39 is 0 Å². The first-order valence-corrected chi connectivity index (χ1v) is 5.89. The molecular formula is C11H16ClNO. The molecule has 4 fully saturated rings. The monoisotopic (exact) mass is 213 g/mol. The van der Waals surface area contributed by atoms with E-state index >= 15 is 0 Å². The van der Waals surface area contributed by atoms with Crippen LogP contribution in [-0.4, -0.2) is 28.3 Å². The maximum Gasteiger partial charge on any atom is 0.225 e. The van der Waals surface area contributed by atoms with E-state index in [-0.39, 0.29) is 10.4 Å². The summed E-state index contributed by atoms with van der Waals surface area (Å²) in [4.78, 5) is 14.1. The minimum absolute atomic E-state index is 0.0775. The van der Waals surface area contributed by atoms with Crippen LogP contribution in [0.15, 0.2) is 0 Å². The van der Waals surface area contributed by atoms with Gasteiger partial charge in [0, 0.05) is 18.5 Å². The number of alkyl halides is 1. The Morgan fingerprint density at radius 2 is 1.93 bits per heavy atom. The fraction of sp³-hybridized carbons (Fsp3) is 0.909. The Bertz CT molecular complexity index is 278. The van der Waals surface area contributed by atoms with Crippen LogP contribution in [-0.2, 0) is 4.79 Å². The summed E-state index contributed by atoms with van der Waals surface area (Å²) in [5.41, 5.74) is 0.175. The fourth-order valence-electron chi connectivity index (χ4n) is 3.13. The molecule has 0 aromatic rings. The van der Waals surface area contributed by atoms with E-state index in [1.54, 1.807) is 0 Å². The van der Waals surface area contributed by atoms with Gasteiger partial charge in [0.05, 0.1) is 4.87 Å². The van der Waals surface area contributed by atoms with Crippen molar-refractivity contribution in [3.63, 3.8) is 0 Å². The van der Waals surface area contributed by atoms with Crippen LogP contribution in [0.2, 0.25) is 0 Å². The molecule has 0 radical (unpaired) electrons. The third-order valence-corrected chi connectivity index (χ3v) is 4.84. The molecule has 0 saturated heterocycles. The number of rotatable bonds is 2. The Hall–Kier alpha value is -0.240. The van der Waals surface area contributed by atoms with Gasteiger partial charge in [-0.15, -0.1) is 11.6 Å². The maximum absolute atomic E-state index is 12.0. The van der Waals surface area contributed by atoms with Gasteiger partial charge in [-0.05, 0) is 32.1 Å². The summed E-state index contributed by atoms with van der Waals surface area (Å²) in [7, 11) is 1.97. The zero-order valence-electron chi connectivity index (χ0n) is 8.55. The molecule has 0 aromatic carbocycles. The number of carbonyl (C=O) groups excluding carboxylic acids is 1. The van der Waals surface area contributed by atoms with Crippen molar-refractivity contribution >= 4 is 17.5 Å². The number of amides is 1. The second-order valence-corrected chi connectivity index (χ2v) is 6.23. The highest BCUT2D eigenvalue weighted by molar-refractivity contribution is 6.26. The largest absolute Gasteiger partial charge is 0.340 e. The van der Waals surface area contributed by atoms with Crippen molar-refractivity contribution in [3.8, 4) is 0 Å². The Balaban J connectivity index is 1.65. The molecular weight excluding hydrogens is 198 g/mol. The van der Waals surface area contributed by atoms with Crippen LogP contribution in [0.4, 0.5) is 0 Å². The van der Waals surface area contributed by atoms with Crippen LogP contribution < -0.4 is 0 Å². The second-order valence-electron chi connectivity index (χ2n) is 5.43. The average Bonchev–Trinajstić information content (AvgIpc) is 1.92. The first kappa shape index (κ1) is 9.02. The molecule has 1 amide bonds. The number of carbonyl (C=O) groups is 1. The molecule has 0 spiro atoms. The van der Waals surface area contributed by atoms with Crippen LogP contribution >= 0.6 is 11.6 Å². The van der Waals surface area contributed by atoms with E-state index in [4.69, 9.17) is 11.6 Å². The van der Waals surface area contributed by atoms with E-state index in [1.807, 2.05) is 11.9 Å². The van der Waals surface area contributed by atoms with Crippen LogP contribution in [0.5, 0.6) is 0 Å². The minimum atomic E-state index is 0.0775. The highest BCUT2D eigenvalue weighted by Crippen LogP contribution is 2.67. The Morgan fingerprint density at radius 3 is 2.29 bits per heavy atom. The van der Waals surface area contributed by atoms with E-state index in [2.05, 4.69) is 0 Å². The van der Waals surface area contributed by atoms with E-state index in [9.17, 15) is 4.79 Å². The van der Waals surface area contributed by atoms with E-state index in [0.717, 1.165) is 32.1 Å². The Labute approximate surface area is 89.6 Å². The quantitative estimate of drug-likeness (QED) is 0.644. The van der Waals surface area contributed by atoms with Gasteiger partial charge in [0.2, 0.25) is 5.91 Å². The summed E-state index contributed by atoms with van der Waals surface area (Å²) >= 11 is 6.20. The second kappa shape index (κ2) is 2.46. The highest BCUT2D eigenvalue weighted by atomic mass is 35.5. The zero-order valence-corrected chi connectivity index (χ0v) is 9.31. The molecule has 4 saturated carbocycles. The Kier molecular flexibility index (Phi) is 1.59. The van der Waals surface area contributed by atoms with Crippen LogP contribution in [0.3, 0.4) is 0 Å². The summed E-state index contributed by atoms with van der Waals surface area (Å²) in [6.07, 6.45) is 6.51. The molecule has 4 rings (SSSR count). The number of hydrogen-bond donors (Lipinski definition) is 0. The van der Waals surface area contributed by atoms with Crippen molar-refractivity contribution in [1.82, 2.24) is 4.90 Å². The van der Waals surface area contributed by atoms with Crippen LogP contribution in [0.1, 0.15) is 38.5 Å². The number of nitrogens with zero attached hydrogens (tertiary/aromatic N) is 1. The van der Waals surface area contributed by atoms with Crippen LogP contribution in [0, 0.1) is 5.92 Å². The number of halogens is 1. The molecule has 2 nitrogen and oxygen atoms in total. The zero-order chi connectivity index (χ0) is 9.97. The lowest BCUT2D eigenvalue weighted by atomic mass is 9.48. The molecule has 3 heteroatoms. The van der Waals surface area contributed by atoms with Crippen molar-refractivity contribution in [2.24, 2.45) is 5.92 Å². The smallest absolute Gasteiger partial charge is 0.225 e. The topological polar surface area (TPSA) is 20.3 Å². The van der Waals surface area contributed by atoms with Gasteiger partial charge in [0.1, 0.15) is 0 Å². The van der Waals surface area contributed by atoms with Gasteiger partial charge < -0.3 is 4.90 Å². The maximum atomic E-state index is 12.0. The molecule has 78 valence electrons. The van der Waals surface area contributed by atoms with Crippen molar-refractivity contribution in [1.29, 1.82) is 0 Å². The van der Waals surface area contributed by atoms with Gasteiger partial charge in [-0.3, -0.25) is 4.79 Å². The normalized spacial score (nSPS) is 44.7. The third kappa shape index (κ3) is 0.955. The summed E-state index contributed by atoms with van der Waals surface area (Å²) in [6.45, 7) is 0. The lowest BCUT2D eigenvalue weighted by Gasteiger charge is -2.70.